The molecule has 1 N–H and O–H groups in total. The van der Waals surface area contributed by atoms with E-state index in [4.69, 9.17) is 0 Å². The Morgan fingerprint density at radius 3 is 2.65 bits per heavy atom. The predicted molar refractivity (Wildman–Crippen MR) is 80.1 cm³/mol. The molecule has 96 valence electrons. The summed E-state index contributed by atoms with van der Waals surface area (Å²) in [6.45, 7) is 7.68. The van der Waals surface area contributed by atoms with Gasteiger partial charge in [0.2, 0.25) is 0 Å². The maximum atomic E-state index is 3.56. The molecule has 1 atom stereocenters. The van der Waals surface area contributed by atoms with E-state index < -0.39 is 0 Å². The molecule has 0 fully saturated rings. The van der Waals surface area contributed by atoms with Crippen LogP contribution in [-0.2, 0) is 0 Å². The number of hydrogen-bond donors (Lipinski definition) is 1. The van der Waals surface area contributed by atoms with Gasteiger partial charge in [-0.15, -0.1) is 0 Å². The zero-order valence-corrected chi connectivity index (χ0v) is 12.3. The van der Waals surface area contributed by atoms with E-state index in [0.29, 0.717) is 12.0 Å². The largest absolute Gasteiger partial charge is 0.314 e. The fourth-order valence-electron chi connectivity index (χ4n) is 1.95. The second-order valence-corrected chi connectivity index (χ2v) is 5.94. The minimum Gasteiger partial charge on any atom is -0.314 e. The highest BCUT2D eigenvalue weighted by atomic mass is 32.2. The fraction of sp³-hybridized carbons (Fsp3) is 0.600. The van der Waals surface area contributed by atoms with Crippen molar-refractivity contribution in [2.45, 2.75) is 39.2 Å². The normalized spacial score (nSPS) is 13.0. The Labute approximate surface area is 110 Å². The SMILES string of the molecule is CSCCC(CNC(C)C)c1cccc(C)c1. The lowest BCUT2D eigenvalue weighted by molar-refractivity contribution is 0.522. The molecule has 0 spiro atoms. The third-order valence-electron chi connectivity index (χ3n) is 2.96. The standard InChI is InChI=1S/C15H25NS/c1-12(2)16-11-15(8-9-17-4)14-7-5-6-13(3)10-14/h5-7,10,12,15-16H,8-9,11H2,1-4H3. The van der Waals surface area contributed by atoms with Gasteiger partial charge in [0.25, 0.3) is 0 Å². The van der Waals surface area contributed by atoms with Crippen LogP contribution in [0.2, 0.25) is 0 Å². The van der Waals surface area contributed by atoms with Crippen molar-refractivity contribution >= 4 is 11.8 Å². The highest BCUT2D eigenvalue weighted by Gasteiger charge is 2.11. The molecule has 17 heavy (non-hydrogen) atoms. The van der Waals surface area contributed by atoms with Gasteiger partial charge in [0, 0.05) is 12.6 Å². The lowest BCUT2D eigenvalue weighted by atomic mass is 9.95. The Hall–Kier alpha value is -0.470. The Kier molecular flexibility index (Phi) is 6.68. The van der Waals surface area contributed by atoms with Crippen molar-refractivity contribution in [3.63, 3.8) is 0 Å². The van der Waals surface area contributed by atoms with E-state index >= 15 is 0 Å². The Morgan fingerprint density at radius 2 is 2.06 bits per heavy atom. The van der Waals surface area contributed by atoms with E-state index in [1.807, 2.05) is 11.8 Å². The van der Waals surface area contributed by atoms with Gasteiger partial charge >= 0.3 is 0 Å². The van der Waals surface area contributed by atoms with Crippen LogP contribution in [0.4, 0.5) is 0 Å². The number of benzene rings is 1. The molecule has 0 aliphatic carbocycles. The first kappa shape index (κ1) is 14.6. The van der Waals surface area contributed by atoms with Gasteiger partial charge < -0.3 is 5.32 Å². The molecule has 1 aromatic rings. The highest BCUT2D eigenvalue weighted by Crippen LogP contribution is 2.21. The van der Waals surface area contributed by atoms with Crippen LogP contribution in [0.1, 0.15) is 37.3 Å². The summed E-state index contributed by atoms with van der Waals surface area (Å²) in [5.41, 5.74) is 2.84. The molecule has 1 nitrogen and oxygen atoms in total. The highest BCUT2D eigenvalue weighted by molar-refractivity contribution is 7.98. The van der Waals surface area contributed by atoms with Gasteiger partial charge in [-0.3, -0.25) is 0 Å². The molecule has 0 saturated carbocycles. The fourth-order valence-corrected chi connectivity index (χ4v) is 2.47. The Morgan fingerprint density at radius 1 is 1.29 bits per heavy atom. The number of nitrogens with one attached hydrogen (secondary N) is 1. The third-order valence-corrected chi connectivity index (χ3v) is 3.60. The van der Waals surface area contributed by atoms with Crippen LogP contribution >= 0.6 is 11.8 Å². The summed E-state index contributed by atoms with van der Waals surface area (Å²) in [7, 11) is 0. The molecule has 0 heterocycles. The molecule has 0 radical (unpaired) electrons. The van der Waals surface area contributed by atoms with Crippen LogP contribution in [0.25, 0.3) is 0 Å². The van der Waals surface area contributed by atoms with Crippen molar-refractivity contribution in [1.82, 2.24) is 5.32 Å². The number of hydrogen-bond acceptors (Lipinski definition) is 2. The van der Waals surface area contributed by atoms with Crippen LogP contribution in [-0.4, -0.2) is 24.6 Å². The topological polar surface area (TPSA) is 12.0 Å². The van der Waals surface area contributed by atoms with Gasteiger partial charge in [-0.05, 0) is 36.8 Å². The van der Waals surface area contributed by atoms with E-state index in [1.165, 1.54) is 23.3 Å². The summed E-state index contributed by atoms with van der Waals surface area (Å²) in [6.07, 6.45) is 3.44. The maximum absolute atomic E-state index is 3.56. The van der Waals surface area contributed by atoms with Crippen LogP contribution in [0.3, 0.4) is 0 Å². The molecule has 2 heteroatoms. The molecule has 0 aliphatic rings. The molecule has 0 saturated heterocycles. The first-order valence-corrected chi connectivity index (χ1v) is 7.81. The van der Waals surface area contributed by atoms with Crippen LogP contribution in [0.5, 0.6) is 0 Å². The monoisotopic (exact) mass is 251 g/mol. The zero-order chi connectivity index (χ0) is 12.7. The van der Waals surface area contributed by atoms with E-state index in [-0.39, 0.29) is 0 Å². The van der Waals surface area contributed by atoms with Crippen molar-refractivity contribution in [1.29, 1.82) is 0 Å². The van der Waals surface area contributed by atoms with E-state index in [0.717, 1.165) is 6.54 Å². The number of rotatable bonds is 7. The van der Waals surface area contributed by atoms with Crippen LogP contribution in [0, 0.1) is 6.92 Å². The first-order chi connectivity index (χ1) is 8.13. The van der Waals surface area contributed by atoms with Crippen molar-refractivity contribution in [2.75, 3.05) is 18.6 Å². The van der Waals surface area contributed by atoms with Gasteiger partial charge in [0.15, 0.2) is 0 Å². The molecule has 0 aliphatic heterocycles. The molecule has 1 aromatic carbocycles. The lowest BCUT2D eigenvalue weighted by Gasteiger charge is -2.20. The van der Waals surface area contributed by atoms with Crippen molar-refractivity contribution in [3.8, 4) is 0 Å². The summed E-state index contributed by atoms with van der Waals surface area (Å²) in [6, 6.07) is 9.50. The summed E-state index contributed by atoms with van der Waals surface area (Å²) >= 11 is 1.94. The Balaban J connectivity index is 2.67. The minimum atomic E-state index is 0.566. The lowest BCUT2D eigenvalue weighted by Crippen LogP contribution is -2.28. The summed E-state index contributed by atoms with van der Waals surface area (Å²) in [4.78, 5) is 0. The smallest absolute Gasteiger partial charge is 0.00228 e. The van der Waals surface area contributed by atoms with Crippen molar-refractivity contribution in [2.24, 2.45) is 0 Å². The number of aryl methyl sites for hydroxylation is 1. The van der Waals surface area contributed by atoms with E-state index in [9.17, 15) is 0 Å². The molecule has 0 amide bonds. The summed E-state index contributed by atoms with van der Waals surface area (Å²) < 4.78 is 0. The van der Waals surface area contributed by atoms with Crippen molar-refractivity contribution < 1.29 is 0 Å². The van der Waals surface area contributed by atoms with Gasteiger partial charge in [0.05, 0.1) is 0 Å². The molecular formula is C15H25NS. The molecule has 0 bridgehead atoms. The van der Waals surface area contributed by atoms with Crippen LogP contribution < -0.4 is 5.32 Å². The van der Waals surface area contributed by atoms with Gasteiger partial charge in [-0.2, -0.15) is 11.8 Å². The minimum absolute atomic E-state index is 0.566. The van der Waals surface area contributed by atoms with Gasteiger partial charge in [-0.1, -0.05) is 43.7 Å². The second kappa shape index (κ2) is 7.78. The Bertz CT molecular complexity index is 322. The summed E-state index contributed by atoms with van der Waals surface area (Å²) in [5, 5.41) is 3.56. The molecule has 1 rings (SSSR count). The number of thioether (sulfide) groups is 1. The first-order valence-electron chi connectivity index (χ1n) is 6.42. The average Bonchev–Trinajstić information content (AvgIpc) is 2.29. The van der Waals surface area contributed by atoms with Crippen molar-refractivity contribution in [3.05, 3.63) is 35.4 Å². The van der Waals surface area contributed by atoms with E-state index in [1.54, 1.807) is 0 Å². The summed E-state index contributed by atoms with van der Waals surface area (Å²) in [5.74, 6) is 1.88. The molecule has 0 aromatic heterocycles. The van der Waals surface area contributed by atoms with Gasteiger partial charge in [-0.25, -0.2) is 0 Å². The average molecular weight is 251 g/mol. The van der Waals surface area contributed by atoms with Gasteiger partial charge in [0.1, 0.15) is 0 Å². The quantitative estimate of drug-likeness (QED) is 0.790. The van der Waals surface area contributed by atoms with E-state index in [2.05, 4.69) is 56.6 Å². The van der Waals surface area contributed by atoms with Crippen LogP contribution in [0.15, 0.2) is 24.3 Å². The predicted octanol–water partition coefficient (Wildman–Crippen LogP) is 3.83. The molecular weight excluding hydrogens is 226 g/mol. The molecule has 1 unspecified atom stereocenters. The maximum Gasteiger partial charge on any atom is 0.00228 e. The third kappa shape index (κ3) is 5.60. The second-order valence-electron chi connectivity index (χ2n) is 4.96. The zero-order valence-electron chi connectivity index (χ0n) is 11.5.